The SMILES string of the molecule is O=[N+]([O-])c1sc(NCC2(O)CCCCC2)nc1NCC1(O)CCCCC1. The lowest BCUT2D eigenvalue weighted by Gasteiger charge is -2.32. The molecule has 0 unspecified atom stereocenters. The molecule has 1 aromatic heterocycles. The van der Waals surface area contributed by atoms with Gasteiger partial charge in [0.2, 0.25) is 5.82 Å². The number of aromatic nitrogens is 1. The summed E-state index contributed by atoms with van der Waals surface area (Å²) in [5.74, 6) is 0.192. The van der Waals surface area contributed by atoms with Crippen molar-refractivity contribution in [1.29, 1.82) is 0 Å². The van der Waals surface area contributed by atoms with E-state index in [9.17, 15) is 20.3 Å². The Morgan fingerprint density at radius 2 is 1.46 bits per heavy atom. The first-order valence-corrected chi connectivity index (χ1v) is 10.3. The molecule has 146 valence electrons. The molecule has 4 N–H and O–H groups in total. The van der Waals surface area contributed by atoms with E-state index in [1.807, 2.05) is 0 Å². The first-order valence-electron chi connectivity index (χ1n) is 9.47. The molecule has 0 atom stereocenters. The lowest BCUT2D eigenvalue weighted by Crippen LogP contribution is -2.39. The van der Waals surface area contributed by atoms with Crippen LogP contribution in [-0.4, -0.2) is 44.4 Å². The summed E-state index contributed by atoms with van der Waals surface area (Å²) in [6, 6.07) is 0. The Hall–Kier alpha value is -1.45. The van der Waals surface area contributed by atoms with Crippen molar-refractivity contribution in [1.82, 2.24) is 4.98 Å². The molecule has 2 aliphatic carbocycles. The van der Waals surface area contributed by atoms with Crippen LogP contribution in [0.3, 0.4) is 0 Å². The van der Waals surface area contributed by atoms with Gasteiger partial charge >= 0.3 is 5.00 Å². The minimum atomic E-state index is -0.819. The van der Waals surface area contributed by atoms with Gasteiger partial charge in [-0.15, -0.1) is 0 Å². The Kier molecular flexibility index (Phi) is 5.99. The van der Waals surface area contributed by atoms with Crippen LogP contribution in [0, 0.1) is 10.1 Å². The highest BCUT2D eigenvalue weighted by atomic mass is 32.1. The largest absolute Gasteiger partial charge is 0.388 e. The molecule has 2 aliphatic rings. The Morgan fingerprint density at radius 1 is 0.962 bits per heavy atom. The fraction of sp³-hybridized carbons (Fsp3) is 0.824. The fourth-order valence-electron chi connectivity index (χ4n) is 3.89. The summed E-state index contributed by atoms with van der Waals surface area (Å²) in [7, 11) is 0. The lowest BCUT2D eigenvalue weighted by atomic mass is 9.85. The van der Waals surface area contributed by atoms with Gasteiger partial charge in [-0.3, -0.25) is 10.1 Å². The maximum atomic E-state index is 11.3. The van der Waals surface area contributed by atoms with Crippen LogP contribution >= 0.6 is 11.3 Å². The normalized spacial score (nSPS) is 21.9. The van der Waals surface area contributed by atoms with E-state index in [1.165, 1.54) is 0 Å². The minimum absolute atomic E-state index is 0.0671. The van der Waals surface area contributed by atoms with E-state index < -0.39 is 16.1 Å². The van der Waals surface area contributed by atoms with Gasteiger partial charge in [0, 0.05) is 13.1 Å². The summed E-state index contributed by atoms with van der Waals surface area (Å²) in [6.45, 7) is 0.613. The second kappa shape index (κ2) is 8.06. The van der Waals surface area contributed by atoms with Gasteiger partial charge in [0.1, 0.15) is 0 Å². The predicted molar refractivity (Wildman–Crippen MR) is 102 cm³/mol. The average Bonchev–Trinajstić information content (AvgIpc) is 3.04. The number of anilines is 2. The monoisotopic (exact) mass is 384 g/mol. The highest BCUT2D eigenvalue weighted by Crippen LogP contribution is 2.37. The van der Waals surface area contributed by atoms with Gasteiger partial charge < -0.3 is 20.8 Å². The van der Waals surface area contributed by atoms with Crippen molar-refractivity contribution in [3.63, 3.8) is 0 Å². The van der Waals surface area contributed by atoms with E-state index >= 15 is 0 Å². The van der Waals surface area contributed by atoms with Gasteiger partial charge in [-0.1, -0.05) is 38.5 Å². The van der Waals surface area contributed by atoms with Crippen LogP contribution in [0.5, 0.6) is 0 Å². The summed E-state index contributed by atoms with van der Waals surface area (Å²) >= 11 is 0.964. The molecule has 0 spiro atoms. The number of aliphatic hydroxyl groups is 2. The molecule has 2 fully saturated rings. The first kappa shape index (κ1) is 19.3. The van der Waals surface area contributed by atoms with Crippen LogP contribution in [0.2, 0.25) is 0 Å². The zero-order valence-corrected chi connectivity index (χ0v) is 15.8. The number of nitrogens with zero attached hydrogens (tertiary/aromatic N) is 2. The number of hydrogen-bond acceptors (Lipinski definition) is 8. The van der Waals surface area contributed by atoms with Crippen LogP contribution in [0.4, 0.5) is 16.0 Å². The van der Waals surface area contributed by atoms with Crippen LogP contribution in [0.25, 0.3) is 0 Å². The predicted octanol–water partition coefficient (Wildman–Crippen LogP) is 3.27. The molecule has 0 saturated heterocycles. The highest BCUT2D eigenvalue weighted by Gasteiger charge is 2.32. The van der Waals surface area contributed by atoms with Crippen molar-refractivity contribution >= 4 is 27.3 Å². The van der Waals surface area contributed by atoms with E-state index in [-0.39, 0.29) is 17.4 Å². The van der Waals surface area contributed by atoms with Crippen molar-refractivity contribution in [2.45, 2.75) is 75.4 Å². The number of nitrogens with one attached hydrogen (secondary N) is 2. The number of thiazole rings is 1. The number of rotatable bonds is 7. The van der Waals surface area contributed by atoms with E-state index in [0.29, 0.717) is 24.5 Å². The summed E-state index contributed by atoms with van der Waals surface area (Å²) in [4.78, 5) is 15.2. The Balaban J connectivity index is 1.63. The molecule has 1 heterocycles. The van der Waals surface area contributed by atoms with Crippen molar-refractivity contribution in [2.75, 3.05) is 23.7 Å². The molecule has 26 heavy (non-hydrogen) atoms. The van der Waals surface area contributed by atoms with Gasteiger partial charge in [0.05, 0.1) is 16.1 Å². The topological polar surface area (TPSA) is 121 Å². The van der Waals surface area contributed by atoms with Crippen LogP contribution in [-0.2, 0) is 0 Å². The van der Waals surface area contributed by atoms with Crippen molar-refractivity contribution in [2.24, 2.45) is 0 Å². The van der Waals surface area contributed by atoms with E-state index in [4.69, 9.17) is 0 Å². The molecule has 0 aliphatic heterocycles. The molecular weight excluding hydrogens is 356 g/mol. The van der Waals surface area contributed by atoms with E-state index in [1.54, 1.807) is 0 Å². The third kappa shape index (κ3) is 4.83. The average molecular weight is 385 g/mol. The van der Waals surface area contributed by atoms with Crippen LogP contribution in [0.15, 0.2) is 0 Å². The van der Waals surface area contributed by atoms with E-state index in [0.717, 1.165) is 62.7 Å². The molecule has 0 bridgehead atoms. The van der Waals surface area contributed by atoms with E-state index in [2.05, 4.69) is 15.6 Å². The van der Waals surface area contributed by atoms with Gasteiger partial charge in [0.15, 0.2) is 5.13 Å². The maximum absolute atomic E-state index is 11.3. The molecule has 8 nitrogen and oxygen atoms in total. The zero-order chi connectivity index (χ0) is 18.6. The van der Waals surface area contributed by atoms with Gasteiger partial charge in [0.25, 0.3) is 0 Å². The summed E-state index contributed by atoms with van der Waals surface area (Å²) < 4.78 is 0. The van der Waals surface area contributed by atoms with Crippen LogP contribution < -0.4 is 10.6 Å². The number of nitro groups is 1. The standard InChI is InChI=1S/C17H28N4O4S/c22-16(7-3-1-4-8-16)11-18-13-14(21(24)25)26-15(20-13)19-12-17(23)9-5-2-6-10-17/h18,22-23H,1-12H2,(H,19,20). The second-order valence-corrected chi connectivity index (χ2v) is 8.68. The van der Waals surface area contributed by atoms with Crippen molar-refractivity contribution in [3.05, 3.63) is 10.1 Å². The second-order valence-electron chi connectivity index (χ2n) is 7.71. The van der Waals surface area contributed by atoms with Gasteiger partial charge in [-0.05, 0) is 37.0 Å². The fourth-order valence-corrected chi connectivity index (χ4v) is 4.64. The Labute approximate surface area is 157 Å². The summed E-state index contributed by atoms with van der Waals surface area (Å²) in [6.07, 6.45) is 9.11. The first-order chi connectivity index (χ1) is 12.4. The molecule has 1 aromatic rings. The smallest absolute Gasteiger partial charge is 0.369 e. The summed E-state index contributed by atoms with van der Waals surface area (Å²) in [5.41, 5.74) is -1.58. The zero-order valence-electron chi connectivity index (χ0n) is 15.0. The number of hydrogen-bond donors (Lipinski definition) is 4. The Morgan fingerprint density at radius 3 is 1.96 bits per heavy atom. The van der Waals surface area contributed by atoms with Gasteiger partial charge in [-0.25, -0.2) is 0 Å². The highest BCUT2D eigenvalue weighted by molar-refractivity contribution is 7.19. The third-order valence-electron chi connectivity index (χ3n) is 5.50. The van der Waals surface area contributed by atoms with Crippen molar-refractivity contribution < 1.29 is 15.1 Å². The molecule has 0 aromatic carbocycles. The lowest BCUT2D eigenvalue weighted by molar-refractivity contribution is -0.379. The maximum Gasteiger partial charge on any atom is 0.369 e. The van der Waals surface area contributed by atoms with Gasteiger partial charge in [-0.2, -0.15) is 4.98 Å². The Bertz CT molecular complexity index is 624. The molecular formula is C17H28N4O4S. The minimum Gasteiger partial charge on any atom is -0.388 e. The molecule has 2 saturated carbocycles. The molecule has 9 heteroatoms. The van der Waals surface area contributed by atoms with Crippen LogP contribution in [0.1, 0.15) is 64.2 Å². The molecule has 0 radical (unpaired) electrons. The molecule has 3 rings (SSSR count). The quantitative estimate of drug-likeness (QED) is 0.420. The molecule has 0 amide bonds. The third-order valence-corrected chi connectivity index (χ3v) is 6.46. The summed E-state index contributed by atoms with van der Waals surface area (Å²) in [5, 5.41) is 38.9. The van der Waals surface area contributed by atoms with Crippen molar-refractivity contribution in [3.8, 4) is 0 Å².